The van der Waals surface area contributed by atoms with Gasteiger partial charge in [-0.05, 0) is 31.9 Å². The highest BCUT2D eigenvalue weighted by atomic mass is 19.4. The second-order valence-electron chi connectivity index (χ2n) is 7.04. The van der Waals surface area contributed by atoms with Crippen molar-refractivity contribution in [2.24, 2.45) is 5.73 Å². The largest absolute Gasteiger partial charge is 0.434 e. The second kappa shape index (κ2) is 6.15. The van der Waals surface area contributed by atoms with Gasteiger partial charge in [0.05, 0.1) is 11.9 Å². The van der Waals surface area contributed by atoms with Crippen LogP contribution in [-0.2, 0) is 6.18 Å². The minimum atomic E-state index is -4.58. The van der Waals surface area contributed by atoms with E-state index >= 15 is 0 Å². The van der Waals surface area contributed by atoms with Crippen molar-refractivity contribution < 1.29 is 13.2 Å². The van der Waals surface area contributed by atoms with Crippen molar-refractivity contribution in [2.45, 2.75) is 31.5 Å². The van der Waals surface area contributed by atoms with Gasteiger partial charge in [0.25, 0.3) is 0 Å². The number of aromatic nitrogens is 5. The zero-order valence-corrected chi connectivity index (χ0v) is 14.6. The van der Waals surface area contributed by atoms with Crippen LogP contribution in [0.4, 0.5) is 19.0 Å². The van der Waals surface area contributed by atoms with Gasteiger partial charge in [0.1, 0.15) is 11.3 Å². The fourth-order valence-electron chi connectivity index (χ4n) is 3.21. The molecule has 0 amide bonds. The van der Waals surface area contributed by atoms with Crippen LogP contribution in [0.15, 0.2) is 24.5 Å². The number of aromatic amines is 1. The molecule has 0 atom stereocenters. The van der Waals surface area contributed by atoms with Crippen LogP contribution in [0.3, 0.4) is 0 Å². The van der Waals surface area contributed by atoms with E-state index < -0.39 is 11.9 Å². The number of nitrogens with two attached hydrogens (primary N) is 1. The summed E-state index contributed by atoms with van der Waals surface area (Å²) in [6.45, 7) is 3.50. The molecule has 0 unspecified atom stereocenters. The Kier molecular flexibility index (Phi) is 4.02. The third-order valence-electron chi connectivity index (χ3n) is 4.83. The quantitative estimate of drug-likeness (QED) is 0.713. The summed E-state index contributed by atoms with van der Waals surface area (Å²) in [6.07, 6.45) is -0.267. The lowest BCUT2D eigenvalue weighted by molar-refractivity contribution is -0.140. The van der Waals surface area contributed by atoms with Crippen LogP contribution >= 0.6 is 0 Å². The van der Waals surface area contributed by atoms with E-state index in [9.17, 15) is 13.2 Å². The molecule has 27 heavy (non-hydrogen) atoms. The lowest BCUT2D eigenvalue weighted by atomic mass is 9.91. The van der Waals surface area contributed by atoms with Gasteiger partial charge in [0, 0.05) is 30.4 Å². The monoisotopic (exact) mass is 377 g/mol. The maximum Gasteiger partial charge on any atom is 0.434 e. The molecule has 3 aromatic heterocycles. The van der Waals surface area contributed by atoms with Crippen molar-refractivity contribution in [1.82, 2.24) is 25.1 Å². The van der Waals surface area contributed by atoms with Crippen molar-refractivity contribution >= 4 is 17.0 Å². The molecule has 0 radical (unpaired) electrons. The van der Waals surface area contributed by atoms with Gasteiger partial charge in [-0.15, -0.1) is 0 Å². The van der Waals surface area contributed by atoms with Crippen LogP contribution in [0.25, 0.3) is 22.4 Å². The summed E-state index contributed by atoms with van der Waals surface area (Å²) in [5, 5.41) is 6.69. The molecule has 7 nitrogen and oxygen atoms in total. The molecule has 1 saturated heterocycles. The van der Waals surface area contributed by atoms with Crippen LogP contribution < -0.4 is 10.6 Å². The standard InChI is InChI=1S/C17H18F3N7/c1-16(21)4-7-27(8-5-16)11-9-23-13-12(25-26-15(13)24-11)10-3-2-6-22-14(10)17(18,19)20/h2-3,6,9H,4-5,7-8,21H2,1H3,(H,24,25,26). The van der Waals surface area contributed by atoms with Crippen molar-refractivity contribution in [1.29, 1.82) is 0 Å². The van der Waals surface area contributed by atoms with Gasteiger partial charge in [-0.1, -0.05) is 0 Å². The SMILES string of the molecule is CC1(N)CCN(c2cnc3c(-c4cccnc4C(F)(F)F)[nH]nc3n2)CC1. The number of nitrogens with one attached hydrogen (secondary N) is 1. The molecule has 1 aliphatic heterocycles. The lowest BCUT2D eigenvalue weighted by Gasteiger charge is -2.37. The second-order valence-corrected chi connectivity index (χ2v) is 7.04. The number of hydrogen-bond donors (Lipinski definition) is 2. The molecule has 0 spiro atoms. The number of halogens is 3. The van der Waals surface area contributed by atoms with Gasteiger partial charge < -0.3 is 10.6 Å². The first-order valence-electron chi connectivity index (χ1n) is 8.52. The molecule has 0 saturated carbocycles. The zero-order chi connectivity index (χ0) is 19.2. The van der Waals surface area contributed by atoms with Crippen LogP contribution in [0.2, 0.25) is 0 Å². The number of piperidine rings is 1. The number of anilines is 1. The molecule has 142 valence electrons. The van der Waals surface area contributed by atoms with Crippen molar-refractivity contribution in [3.8, 4) is 11.3 Å². The Morgan fingerprint density at radius 3 is 2.67 bits per heavy atom. The van der Waals surface area contributed by atoms with Gasteiger partial charge in [-0.25, -0.2) is 9.97 Å². The molecule has 3 aromatic rings. The molecular formula is C17H18F3N7. The first-order chi connectivity index (χ1) is 12.7. The zero-order valence-electron chi connectivity index (χ0n) is 14.6. The van der Waals surface area contributed by atoms with Crippen LogP contribution in [-0.4, -0.2) is 43.8 Å². The predicted octanol–water partition coefficient (Wildman–Crippen LogP) is 2.75. The highest BCUT2D eigenvalue weighted by Crippen LogP contribution is 2.36. The highest BCUT2D eigenvalue weighted by Gasteiger charge is 2.36. The maximum absolute atomic E-state index is 13.3. The fourth-order valence-corrected chi connectivity index (χ4v) is 3.21. The Labute approximate surface area is 152 Å². The molecule has 4 rings (SSSR count). The molecular weight excluding hydrogens is 359 g/mol. The number of fused-ring (bicyclic) bond motifs is 1. The Morgan fingerprint density at radius 2 is 1.96 bits per heavy atom. The summed E-state index contributed by atoms with van der Waals surface area (Å²) in [6, 6.07) is 2.78. The van der Waals surface area contributed by atoms with Crippen LogP contribution in [0.5, 0.6) is 0 Å². The Morgan fingerprint density at radius 1 is 1.22 bits per heavy atom. The lowest BCUT2D eigenvalue weighted by Crippen LogP contribution is -2.48. The molecule has 10 heteroatoms. The van der Waals surface area contributed by atoms with Crippen molar-refractivity contribution in [2.75, 3.05) is 18.0 Å². The summed E-state index contributed by atoms with van der Waals surface area (Å²) in [5.74, 6) is 0.637. The molecule has 1 aliphatic rings. The van der Waals surface area contributed by atoms with E-state index in [1.807, 2.05) is 6.92 Å². The molecule has 1 fully saturated rings. The van der Waals surface area contributed by atoms with Crippen molar-refractivity contribution in [3.63, 3.8) is 0 Å². The molecule has 0 bridgehead atoms. The summed E-state index contributed by atoms with van der Waals surface area (Å²) in [7, 11) is 0. The number of rotatable bonds is 2. The Balaban J connectivity index is 1.71. The summed E-state index contributed by atoms with van der Waals surface area (Å²) >= 11 is 0. The third kappa shape index (κ3) is 3.32. The maximum atomic E-state index is 13.3. The normalized spacial score (nSPS) is 17.4. The first-order valence-corrected chi connectivity index (χ1v) is 8.52. The summed E-state index contributed by atoms with van der Waals surface area (Å²) < 4.78 is 39.8. The van der Waals surface area contributed by atoms with Gasteiger partial charge in [0.2, 0.25) is 5.65 Å². The number of hydrogen-bond acceptors (Lipinski definition) is 6. The molecule has 3 N–H and O–H groups in total. The van der Waals surface area contributed by atoms with Crippen LogP contribution in [0.1, 0.15) is 25.5 Å². The number of pyridine rings is 1. The van der Waals surface area contributed by atoms with E-state index in [1.54, 1.807) is 6.20 Å². The van der Waals surface area contributed by atoms with Gasteiger partial charge in [0.15, 0.2) is 5.69 Å². The van der Waals surface area contributed by atoms with E-state index in [0.29, 0.717) is 5.82 Å². The number of nitrogens with zero attached hydrogens (tertiary/aromatic N) is 5. The van der Waals surface area contributed by atoms with E-state index in [2.05, 4.69) is 30.0 Å². The topological polar surface area (TPSA) is 96.6 Å². The van der Waals surface area contributed by atoms with Gasteiger partial charge in [-0.3, -0.25) is 10.1 Å². The minimum absolute atomic E-state index is 0.105. The van der Waals surface area contributed by atoms with E-state index in [1.165, 1.54) is 12.1 Å². The van der Waals surface area contributed by atoms with Gasteiger partial charge in [-0.2, -0.15) is 18.3 Å². The fraction of sp³-hybridized carbons (Fsp3) is 0.412. The summed E-state index contributed by atoms with van der Waals surface area (Å²) in [4.78, 5) is 14.3. The van der Waals surface area contributed by atoms with E-state index in [4.69, 9.17) is 5.73 Å². The number of alkyl halides is 3. The number of H-pyrrole nitrogens is 1. The van der Waals surface area contributed by atoms with Gasteiger partial charge >= 0.3 is 6.18 Å². The average Bonchev–Trinajstić information content (AvgIpc) is 3.04. The predicted molar refractivity (Wildman–Crippen MR) is 94.0 cm³/mol. The van der Waals surface area contributed by atoms with Crippen molar-refractivity contribution in [3.05, 3.63) is 30.2 Å². The molecule has 0 aliphatic carbocycles. The first kappa shape index (κ1) is 17.7. The minimum Gasteiger partial charge on any atom is -0.355 e. The average molecular weight is 377 g/mol. The van der Waals surface area contributed by atoms with E-state index in [-0.39, 0.29) is 28.0 Å². The Hall–Kier alpha value is -2.75. The highest BCUT2D eigenvalue weighted by molar-refractivity contribution is 5.88. The smallest absolute Gasteiger partial charge is 0.355 e. The van der Waals surface area contributed by atoms with E-state index in [0.717, 1.165) is 32.1 Å². The Bertz CT molecular complexity index is 970. The summed E-state index contributed by atoms with van der Waals surface area (Å²) in [5.41, 5.74) is 5.55. The molecule has 0 aromatic carbocycles. The molecule has 4 heterocycles. The van der Waals surface area contributed by atoms with Crippen LogP contribution in [0, 0.1) is 0 Å². The third-order valence-corrected chi connectivity index (χ3v) is 4.83.